The number of nitrogens with two attached hydrogens (primary N) is 1. The van der Waals surface area contributed by atoms with E-state index in [0.29, 0.717) is 17.5 Å². The van der Waals surface area contributed by atoms with Crippen molar-refractivity contribution in [2.45, 2.75) is 0 Å². The predicted octanol–water partition coefficient (Wildman–Crippen LogP) is 1.07. The fourth-order valence-corrected chi connectivity index (χ4v) is 1.53. The van der Waals surface area contributed by atoms with Gasteiger partial charge in [0.2, 0.25) is 0 Å². The van der Waals surface area contributed by atoms with Crippen molar-refractivity contribution in [1.29, 1.82) is 0 Å². The quantitative estimate of drug-likeness (QED) is 0.604. The van der Waals surface area contributed by atoms with E-state index in [1.54, 1.807) is 18.5 Å². The summed E-state index contributed by atoms with van der Waals surface area (Å²) >= 11 is 0. The maximum Gasteiger partial charge on any atom is 0.142 e. The van der Waals surface area contributed by atoms with Crippen molar-refractivity contribution in [2.75, 3.05) is 11.1 Å². The number of nitrogen functional groups attached to an aromatic ring is 1. The van der Waals surface area contributed by atoms with E-state index < -0.39 is 0 Å². The molecular formula is C10H9N7. The van der Waals surface area contributed by atoms with E-state index in [-0.39, 0.29) is 0 Å². The Morgan fingerprint density at radius 1 is 1.24 bits per heavy atom. The van der Waals surface area contributed by atoms with Crippen molar-refractivity contribution in [3.8, 4) is 0 Å². The van der Waals surface area contributed by atoms with Crippen molar-refractivity contribution in [1.82, 2.24) is 25.1 Å². The van der Waals surface area contributed by atoms with Gasteiger partial charge in [0.1, 0.15) is 23.8 Å². The monoisotopic (exact) mass is 227 g/mol. The summed E-state index contributed by atoms with van der Waals surface area (Å²) in [5, 5.41) is 10.8. The number of fused-ring (bicyclic) bond motifs is 1. The van der Waals surface area contributed by atoms with Crippen molar-refractivity contribution in [2.24, 2.45) is 0 Å². The summed E-state index contributed by atoms with van der Waals surface area (Å²) in [5.74, 6) is 1.68. The summed E-state index contributed by atoms with van der Waals surface area (Å²) in [7, 11) is 0. The predicted molar refractivity (Wildman–Crippen MR) is 63.6 cm³/mol. The second-order valence-electron chi connectivity index (χ2n) is 3.44. The van der Waals surface area contributed by atoms with Crippen LogP contribution >= 0.6 is 0 Å². The number of anilines is 3. The van der Waals surface area contributed by atoms with Crippen LogP contribution in [0.2, 0.25) is 0 Å². The van der Waals surface area contributed by atoms with Crippen LogP contribution in [0, 0.1) is 0 Å². The van der Waals surface area contributed by atoms with Gasteiger partial charge in [-0.1, -0.05) is 0 Å². The van der Waals surface area contributed by atoms with Crippen molar-refractivity contribution in [3.63, 3.8) is 0 Å². The van der Waals surface area contributed by atoms with Gasteiger partial charge in [-0.15, -0.1) is 0 Å². The lowest BCUT2D eigenvalue weighted by molar-refractivity contribution is 1.12. The van der Waals surface area contributed by atoms with Gasteiger partial charge in [-0.3, -0.25) is 5.10 Å². The number of rotatable bonds is 2. The van der Waals surface area contributed by atoms with Gasteiger partial charge in [0.05, 0.1) is 17.1 Å². The molecule has 0 saturated heterocycles. The molecule has 0 aliphatic heterocycles. The fourth-order valence-electron chi connectivity index (χ4n) is 1.53. The number of nitrogens with zero attached hydrogens (tertiary/aromatic N) is 4. The Hall–Kier alpha value is -2.70. The molecule has 84 valence electrons. The topological polar surface area (TPSA) is 105 Å². The van der Waals surface area contributed by atoms with E-state index in [4.69, 9.17) is 5.73 Å². The smallest absolute Gasteiger partial charge is 0.142 e. The third-order valence-electron chi connectivity index (χ3n) is 2.30. The molecule has 0 fully saturated rings. The van der Waals surface area contributed by atoms with Crippen LogP contribution in [0.4, 0.5) is 17.5 Å². The lowest BCUT2D eigenvalue weighted by Crippen LogP contribution is -1.98. The number of H-pyrrole nitrogens is 1. The minimum Gasteiger partial charge on any atom is -0.384 e. The molecule has 3 aromatic rings. The van der Waals surface area contributed by atoms with Crippen LogP contribution in [0.15, 0.2) is 30.9 Å². The molecule has 0 radical (unpaired) electrons. The molecule has 7 heteroatoms. The first-order valence-electron chi connectivity index (χ1n) is 4.95. The number of aromatic nitrogens is 5. The zero-order chi connectivity index (χ0) is 11.7. The minimum absolute atomic E-state index is 0.405. The zero-order valence-corrected chi connectivity index (χ0v) is 8.75. The van der Waals surface area contributed by atoms with E-state index in [0.717, 1.165) is 10.9 Å². The zero-order valence-electron chi connectivity index (χ0n) is 8.75. The van der Waals surface area contributed by atoms with Crippen LogP contribution in [0.5, 0.6) is 0 Å². The first-order chi connectivity index (χ1) is 8.33. The molecule has 0 saturated carbocycles. The number of hydrogen-bond donors (Lipinski definition) is 3. The molecule has 0 bridgehead atoms. The molecule has 0 spiro atoms. The number of pyridine rings is 1. The second kappa shape index (κ2) is 3.71. The van der Waals surface area contributed by atoms with Gasteiger partial charge in [-0.25, -0.2) is 15.0 Å². The largest absolute Gasteiger partial charge is 0.384 e. The number of aromatic amines is 1. The SMILES string of the molecule is Nc1cc(Nc2nccc3[nH]ncc23)ncn1. The fraction of sp³-hybridized carbons (Fsp3) is 0. The molecule has 0 aliphatic carbocycles. The van der Waals surface area contributed by atoms with E-state index in [9.17, 15) is 0 Å². The first-order valence-corrected chi connectivity index (χ1v) is 4.95. The summed E-state index contributed by atoms with van der Waals surface area (Å²) in [6, 6.07) is 3.49. The third kappa shape index (κ3) is 1.73. The van der Waals surface area contributed by atoms with Crippen LogP contribution in [0.3, 0.4) is 0 Å². The Balaban J connectivity index is 2.02. The van der Waals surface area contributed by atoms with Crippen molar-refractivity contribution >= 4 is 28.4 Å². The molecule has 4 N–H and O–H groups in total. The molecule has 3 aromatic heterocycles. The highest BCUT2D eigenvalue weighted by Gasteiger charge is 2.05. The van der Waals surface area contributed by atoms with Crippen LogP contribution in [0.1, 0.15) is 0 Å². The van der Waals surface area contributed by atoms with Gasteiger partial charge in [0.15, 0.2) is 0 Å². The molecule has 0 aromatic carbocycles. The number of nitrogens with one attached hydrogen (secondary N) is 2. The molecule has 7 nitrogen and oxygen atoms in total. The summed E-state index contributed by atoms with van der Waals surface area (Å²) in [6.07, 6.45) is 4.79. The Morgan fingerprint density at radius 3 is 3.06 bits per heavy atom. The molecule has 0 atom stereocenters. The highest BCUT2D eigenvalue weighted by molar-refractivity contribution is 5.89. The highest BCUT2D eigenvalue weighted by atomic mass is 15.1. The Morgan fingerprint density at radius 2 is 2.18 bits per heavy atom. The highest BCUT2D eigenvalue weighted by Crippen LogP contribution is 2.21. The van der Waals surface area contributed by atoms with Gasteiger partial charge in [-0.2, -0.15) is 5.10 Å². The normalized spacial score (nSPS) is 10.6. The Kier molecular flexibility index (Phi) is 2.08. The molecule has 3 rings (SSSR count). The molecule has 0 unspecified atom stereocenters. The van der Waals surface area contributed by atoms with E-state index in [1.807, 2.05) is 6.07 Å². The lowest BCUT2D eigenvalue weighted by atomic mass is 10.3. The molecule has 0 amide bonds. The van der Waals surface area contributed by atoms with Crippen LogP contribution in [0.25, 0.3) is 10.9 Å². The first kappa shape index (κ1) is 9.52. The van der Waals surface area contributed by atoms with E-state index in [1.165, 1.54) is 6.33 Å². The molecule has 0 aliphatic rings. The maximum absolute atomic E-state index is 5.57. The maximum atomic E-state index is 5.57. The lowest BCUT2D eigenvalue weighted by Gasteiger charge is -2.05. The average molecular weight is 227 g/mol. The summed E-state index contributed by atoms with van der Waals surface area (Å²) < 4.78 is 0. The van der Waals surface area contributed by atoms with Gasteiger partial charge in [0.25, 0.3) is 0 Å². The van der Waals surface area contributed by atoms with Crippen LogP contribution < -0.4 is 11.1 Å². The van der Waals surface area contributed by atoms with Crippen LogP contribution in [-0.2, 0) is 0 Å². The Bertz CT molecular complexity index is 660. The van der Waals surface area contributed by atoms with E-state index >= 15 is 0 Å². The van der Waals surface area contributed by atoms with E-state index in [2.05, 4.69) is 30.5 Å². The van der Waals surface area contributed by atoms with Crippen molar-refractivity contribution in [3.05, 3.63) is 30.9 Å². The van der Waals surface area contributed by atoms with Crippen molar-refractivity contribution < 1.29 is 0 Å². The standard InChI is InChI=1S/C10H9N7/c11-8-3-9(14-5-13-8)16-10-6-4-15-17-7(6)1-2-12-10/h1-5H,(H,15,17)(H3,11,12,13,14,16). The third-order valence-corrected chi connectivity index (χ3v) is 2.30. The minimum atomic E-state index is 0.405. The number of hydrogen-bond acceptors (Lipinski definition) is 6. The molecule has 3 heterocycles. The van der Waals surface area contributed by atoms with Gasteiger partial charge in [0, 0.05) is 12.3 Å². The summed E-state index contributed by atoms with van der Waals surface area (Å²) in [4.78, 5) is 12.1. The average Bonchev–Trinajstić information content (AvgIpc) is 2.78. The molecule has 17 heavy (non-hydrogen) atoms. The second-order valence-corrected chi connectivity index (χ2v) is 3.44. The summed E-state index contributed by atoms with van der Waals surface area (Å²) in [6.45, 7) is 0. The van der Waals surface area contributed by atoms with Crippen LogP contribution in [-0.4, -0.2) is 25.1 Å². The van der Waals surface area contributed by atoms with Gasteiger partial charge < -0.3 is 11.1 Å². The molecular weight excluding hydrogens is 218 g/mol. The Labute approximate surface area is 96.1 Å². The summed E-state index contributed by atoms with van der Waals surface area (Å²) in [5.41, 5.74) is 6.48. The van der Waals surface area contributed by atoms with Gasteiger partial charge in [-0.05, 0) is 6.07 Å². The van der Waals surface area contributed by atoms with Gasteiger partial charge >= 0.3 is 0 Å².